The molecule has 0 aromatic carbocycles. The molecular formula is C21H25N9O14P2. The molecule has 46 heavy (non-hydrogen) atoms. The zero-order valence-electron chi connectivity index (χ0n) is 23.2. The summed E-state index contributed by atoms with van der Waals surface area (Å²) in [5.74, 6) is -0.0557. The number of phosphoric ester groups is 2. The maximum absolute atomic E-state index is 13.1. The van der Waals surface area contributed by atoms with Crippen molar-refractivity contribution in [2.45, 2.75) is 56.0 Å². The first-order valence-electron chi connectivity index (χ1n) is 13.4. The number of aromatic amines is 2. The van der Waals surface area contributed by atoms with Crippen LogP contribution in [0.3, 0.4) is 0 Å². The number of H-pyrrole nitrogens is 2. The predicted molar refractivity (Wildman–Crippen MR) is 147 cm³/mol. The third-order valence-electron chi connectivity index (χ3n) is 7.48. The largest absolute Gasteiger partial charge is 0.472 e. The van der Waals surface area contributed by atoms with E-state index in [1.54, 1.807) is 0 Å². The van der Waals surface area contributed by atoms with Crippen molar-refractivity contribution in [1.29, 1.82) is 0 Å². The Balaban J connectivity index is 1.18. The van der Waals surface area contributed by atoms with Crippen LogP contribution in [-0.4, -0.2) is 109 Å². The van der Waals surface area contributed by atoms with Gasteiger partial charge in [0.15, 0.2) is 34.8 Å². The lowest BCUT2D eigenvalue weighted by atomic mass is 10.1. The van der Waals surface area contributed by atoms with Gasteiger partial charge in [-0.1, -0.05) is 0 Å². The summed E-state index contributed by atoms with van der Waals surface area (Å²) < 4.78 is 60.8. The molecule has 3 aliphatic heterocycles. The van der Waals surface area contributed by atoms with Crippen molar-refractivity contribution in [2.75, 3.05) is 18.9 Å². The highest BCUT2D eigenvalue weighted by Gasteiger charge is 2.54. The molecule has 3 saturated heterocycles. The number of hydrogen-bond donors (Lipinski definition) is 7. The summed E-state index contributed by atoms with van der Waals surface area (Å²) in [4.78, 5) is 66.6. The van der Waals surface area contributed by atoms with Crippen LogP contribution in [-0.2, 0) is 36.7 Å². The summed E-state index contributed by atoms with van der Waals surface area (Å²) in [7, 11) is -10.2. The van der Waals surface area contributed by atoms with Crippen molar-refractivity contribution >= 4 is 43.9 Å². The minimum Gasteiger partial charge on any atom is -0.386 e. The zero-order chi connectivity index (χ0) is 32.7. The third-order valence-corrected chi connectivity index (χ3v) is 9.45. The summed E-state index contributed by atoms with van der Waals surface area (Å²) in [6.45, 7) is -0.192. The number of phosphoric acid groups is 2. The van der Waals surface area contributed by atoms with Gasteiger partial charge in [-0.15, -0.1) is 0 Å². The highest BCUT2D eigenvalue weighted by molar-refractivity contribution is 7.47. The first-order chi connectivity index (χ1) is 21.7. The molecule has 25 heteroatoms. The van der Waals surface area contributed by atoms with Crippen molar-refractivity contribution in [2.24, 2.45) is 0 Å². The average Bonchev–Trinajstić information content (AvgIpc) is 3.72. The van der Waals surface area contributed by atoms with Gasteiger partial charge in [0.2, 0.25) is 5.95 Å². The lowest BCUT2D eigenvalue weighted by molar-refractivity contribution is -0.0664. The molecule has 7 heterocycles. The Hall–Kier alpha value is -3.44. The first kappa shape index (κ1) is 31.2. The number of nitrogens with two attached hydrogens (primary N) is 1. The number of anilines is 1. The van der Waals surface area contributed by atoms with Gasteiger partial charge in [0.05, 0.1) is 25.9 Å². The monoisotopic (exact) mass is 689 g/mol. The molecule has 23 nitrogen and oxygen atoms in total. The molecule has 4 aromatic rings. The van der Waals surface area contributed by atoms with E-state index in [9.17, 15) is 38.7 Å². The fourth-order valence-electron chi connectivity index (χ4n) is 5.48. The van der Waals surface area contributed by atoms with Crippen LogP contribution < -0.4 is 16.9 Å². The number of aliphatic hydroxyl groups excluding tert-OH is 2. The second-order valence-electron chi connectivity index (χ2n) is 10.5. The highest BCUT2D eigenvalue weighted by Crippen LogP contribution is 2.53. The van der Waals surface area contributed by atoms with E-state index in [4.69, 9.17) is 33.3 Å². The predicted octanol–water partition coefficient (Wildman–Crippen LogP) is -2.32. The molecule has 0 amide bonds. The van der Waals surface area contributed by atoms with Crippen LogP contribution in [0.2, 0.25) is 0 Å². The number of aryl methyl sites for hydroxylation is 1. The lowest BCUT2D eigenvalue weighted by Gasteiger charge is -2.27. The second kappa shape index (κ2) is 11.1. The van der Waals surface area contributed by atoms with E-state index < -0.39 is 89.1 Å². The topological polar surface area (TPSA) is 324 Å². The standard InChI is InChI=1S/C21H25N9O14P2/c1-6-25-15-9(17(33)26-6)23-4-29(15)19-11(31)13-7(41-19)2-39-46(37,38)44-14-8(3-40-45(35,36)43-13)42-20(12(14)32)30-5-24-10-16(30)27-21(22)28-18(10)34/h4-5,7-8,11-14,19-20,31-32H,2-3H2,1H3,(H,35,36)(H,37,38)(H,25,26,33)(H3,22,27,28,34)/t7-,8-,11-,12?,13?,14-,19+,20+/m0/s1. The molecule has 0 aliphatic carbocycles. The number of hydrogen-bond acceptors (Lipinski definition) is 17. The fourth-order valence-corrected chi connectivity index (χ4v) is 7.41. The molecule has 10 atom stereocenters. The summed E-state index contributed by atoms with van der Waals surface area (Å²) in [5.41, 5.74) is 4.01. The summed E-state index contributed by atoms with van der Waals surface area (Å²) >= 11 is 0. The van der Waals surface area contributed by atoms with Gasteiger partial charge in [0.25, 0.3) is 11.1 Å². The minimum absolute atomic E-state index is 0.00445. The van der Waals surface area contributed by atoms with Gasteiger partial charge in [-0.3, -0.25) is 41.8 Å². The Labute approximate surface area is 254 Å². The Morgan fingerprint density at radius 1 is 0.826 bits per heavy atom. The molecule has 8 N–H and O–H groups in total. The molecule has 0 spiro atoms. The van der Waals surface area contributed by atoms with Crippen LogP contribution in [0.5, 0.6) is 0 Å². The van der Waals surface area contributed by atoms with Gasteiger partial charge in [0.1, 0.15) is 42.4 Å². The van der Waals surface area contributed by atoms with E-state index >= 15 is 0 Å². The SMILES string of the molecule is Cc1nc2c(ncn2[C@@H]2O[C@H]3COP(=O)(O)O[C@@H]4C(O)[C@H](n5cnc6c(=O)[nH]c(N)nc65)O[C@H]4COP(=O)(O)OC3[C@@H]2O)c(=O)[nH]1. The van der Waals surface area contributed by atoms with Crippen molar-refractivity contribution in [1.82, 2.24) is 39.0 Å². The molecule has 0 bridgehead atoms. The quantitative estimate of drug-likeness (QED) is 0.109. The first-order valence-corrected chi connectivity index (χ1v) is 16.3. The van der Waals surface area contributed by atoms with Gasteiger partial charge in [-0.05, 0) is 6.92 Å². The van der Waals surface area contributed by atoms with E-state index in [1.807, 2.05) is 0 Å². The van der Waals surface area contributed by atoms with E-state index in [0.717, 1.165) is 17.2 Å². The number of fused-ring (bicyclic) bond motifs is 4. The number of imidazole rings is 2. The normalized spacial score (nSPS) is 37.2. The third kappa shape index (κ3) is 5.39. The van der Waals surface area contributed by atoms with E-state index in [2.05, 4.69) is 29.9 Å². The van der Waals surface area contributed by atoms with Gasteiger partial charge < -0.3 is 40.2 Å². The number of aliphatic hydroxyl groups is 2. The highest BCUT2D eigenvalue weighted by atomic mass is 31.2. The summed E-state index contributed by atoms with van der Waals surface area (Å²) in [6, 6.07) is 0. The Morgan fingerprint density at radius 3 is 1.78 bits per heavy atom. The minimum atomic E-state index is -5.08. The zero-order valence-corrected chi connectivity index (χ0v) is 25.0. The number of aromatic nitrogens is 8. The van der Waals surface area contributed by atoms with Crippen LogP contribution in [0.15, 0.2) is 22.2 Å². The molecule has 3 fully saturated rings. The van der Waals surface area contributed by atoms with Crippen molar-refractivity contribution in [3.8, 4) is 0 Å². The fraction of sp³-hybridized carbons (Fsp3) is 0.524. The smallest absolute Gasteiger partial charge is 0.386 e. The van der Waals surface area contributed by atoms with Crippen LogP contribution in [0.4, 0.5) is 5.95 Å². The average molecular weight is 689 g/mol. The maximum atomic E-state index is 13.1. The maximum Gasteiger partial charge on any atom is 0.472 e. The van der Waals surface area contributed by atoms with Crippen molar-refractivity contribution in [3.05, 3.63) is 39.2 Å². The van der Waals surface area contributed by atoms with E-state index in [1.165, 1.54) is 11.5 Å². The molecule has 0 radical (unpaired) electrons. The molecule has 0 saturated carbocycles. The van der Waals surface area contributed by atoms with E-state index in [0.29, 0.717) is 0 Å². The van der Waals surface area contributed by atoms with Gasteiger partial charge in [-0.25, -0.2) is 24.1 Å². The summed E-state index contributed by atoms with van der Waals surface area (Å²) in [6.07, 6.45) is -10.6. The molecule has 4 aromatic heterocycles. The van der Waals surface area contributed by atoms with Crippen LogP contribution in [0.1, 0.15) is 18.3 Å². The number of rotatable bonds is 2. The number of ether oxygens (including phenoxy) is 2. The van der Waals surface area contributed by atoms with Crippen LogP contribution in [0, 0.1) is 6.92 Å². The number of nitrogens with zero attached hydrogens (tertiary/aromatic N) is 6. The van der Waals surface area contributed by atoms with Crippen molar-refractivity contribution < 1.29 is 56.7 Å². The Bertz CT molecular complexity index is 1900. The molecule has 4 unspecified atom stereocenters. The lowest BCUT2D eigenvalue weighted by Crippen LogP contribution is -2.39. The van der Waals surface area contributed by atoms with Crippen molar-refractivity contribution in [3.63, 3.8) is 0 Å². The van der Waals surface area contributed by atoms with Crippen LogP contribution >= 0.6 is 15.6 Å². The Kier molecular flexibility index (Phi) is 7.51. The van der Waals surface area contributed by atoms with E-state index in [-0.39, 0.29) is 34.1 Å². The molecular weight excluding hydrogens is 664 g/mol. The summed E-state index contributed by atoms with van der Waals surface area (Å²) in [5, 5.41) is 22.3. The number of nitrogens with one attached hydrogen (secondary N) is 2. The molecule has 3 aliphatic rings. The van der Waals surface area contributed by atoms with Gasteiger partial charge in [-0.2, -0.15) is 4.98 Å². The van der Waals surface area contributed by atoms with Gasteiger partial charge >= 0.3 is 15.6 Å². The molecule has 7 rings (SSSR count). The second-order valence-corrected chi connectivity index (χ2v) is 13.3. The Morgan fingerprint density at radius 2 is 1.28 bits per heavy atom. The van der Waals surface area contributed by atoms with Crippen LogP contribution in [0.25, 0.3) is 22.3 Å². The number of nitrogen functional groups attached to an aromatic ring is 1. The van der Waals surface area contributed by atoms with Gasteiger partial charge in [0, 0.05) is 0 Å². The molecule has 248 valence electrons.